The molecule has 0 amide bonds. The first-order valence-corrected chi connectivity index (χ1v) is 7.48. The second kappa shape index (κ2) is 6.53. The minimum absolute atomic E-state index is 0.503. The zero-order valence-corrected chi connectivity index (χ0v) is 12.5. The molecule has 19 heavy (non-hydrogen) atoms. The normalized spacial score (nSPS) is 25.7. The van der Waals surface area contributed by atoms with Gasteiger partial charge in [0.15, 0.2) is 0 Å². The van der Waals surface area contributed by atoms with E-state index in [1.165, 1.54) is 31.2 Å². The Bertz CT molecular complexity index is 387. The lowest BCUT2D eigenvalue weighted by Crippen LogP contribution is -2.44. The topological polar surface area (TPSA) is 47.1 Å². The maximum Gasteiger partial charge on any atom is 0.0534 e. The van der Waals surface area contributed by atoms with E-state index in [9.17, 15) is 0 Å². The van der Waals surface area contributed by atoms with E-state index in [0.717, 1.165) is 24.9 Å². The van der Waals surface area contributed by atoms with Crippen LogP contribution in [0.25, 0.3) is 0 Å². The van der Waals surface area contributed by atoms with Gasteiger partial charge in [-0.1, -0.05) is 19.8 Å². The summed E-state index contributed by atoms with van der Waals surface area (Å²) in [6.07, 6.45) is 9.47. The fraction of sp³-hybridized carbons (Fsp3) is 0.800. The first kappa shape index (κ1) is 14.5. The molecular formula is C15H28N4. The molecule has 108 valence electrons. The number of aromatic nitrogens is 2. The first-order valence-electron chi connectivity index (χ1n) is 7.48. The summed E-state index contributed by atoms with van der Waals surface area (Å²) in [7, 11) is 4.16. The van der Waals surface area contributed by atoms with Crippen LogP contribution >= 0.6 is 0 Å². The minimum atomic E-state index is 0.503. The van der Waals surface area contributed by atoms with Crippen molar-refractivity contribution in [2.24, 2.45) is 24.6 Å². The van der Waals surface area contributed by atoms with E-state index in [0.29, 0.717) is 6.04 Å². The van der Waals surface area contributed by atoms with Crippen LogP contribution in [0.2, 0.25) is 0 Å². The maximum absolute atomic E-state index is 6.05. The Labute approximate surface area is 117 Å². The number of nitrogens with two attached hydrogens (primary N) is 1. The summed E-state index contributed by atoms with van der Waals surface area (Å²) in [6, 6.07) is 0.503. The predicted octanol–water partition coefficient (Wildman–Crippen LogP) is 2.01. The van der Waals surface area contributed by atoms with Crippen LogP contribution in [0.15, 0.2) is 12.4 Å². The number of hydrogen-bond donors (Lipinski definition) is 1. The smallest absolute Gasteiger partial charge is 0.0534 e. The van der Waals surface area contributed by atoms with Gasteiger partial charge in [-0.25, -0.2) is 0 Å². The number of aryl methyl sites for hydroxylation is 1. The van der Waals surface area contributed by atoms with Crippen LogP contribution < -0.4 is 5.73 Å². The molecule has 1 aliphatic carbocycles. The highest BCUT2D eigenvalue weighted by Gasteiger charge is 2.28. The molecule has 1 aliphatic rings. The van der Waals surface area contributed by atoms with Crippen molar-refractivity contribution in [2.45, 2.75) is 45.2 Å². The van der Waals surface area contributed by atoms with Gasteiger partial charge in [0.25, 0.3) is 0 Å². The van der Waals surface area contributed by atoms with Gasteiger partial charge in [-0.15, -0.1) is 0 Å². The monoisotopic (exact) mass is 264 g/mol. The van der Waals surface area contributed by atoms with Crippen LogP contribution in [0.1, 0.15) is 38.2 Å². The van der Waals surface area contributed by atoms with Gasteiger partial charge in [0, 0.05) is 37.9 Å². The van der Waals surface area contributed by atoms with E-state index in [2.05, 4.69) is 30.2 Å². The van der Waals surface area contributed by atoms with E-state index < -0.39 is 0 Å². The molecule has 1 aromatic heterocycles. The van der Waals surface area contributed by atoms with Crippen molar-refractivity contribution in [2.75, 3.05) is 13.6 Å². The lowest BCUT2D eigenvalue weighted by molar-refractivity contribution is 0.125. The van der Waals surface area contributed by atoms with Crippen molar-refractivity contribution in [1.29, 1.82) is 0 Å². The van der Waals surface area contributed by atoms with Gasteiger partial charge in [-0.05, 0) is 31.7 Å². The van der Waals surface area contributed by atoms with Crippen LogP contribution in [0.5, 0.6) is 0 Å². The zero-order chi connectivity index (χ0) is 13.8. The van der Waals surface area contributed by atoms with E-state index in [4.69, 9.17) is 5.73 Å². The Kier molecular flexibility index (Phi) is 4.99. The molecule has 0 aliphatic heterocycles. The van der Waals surface area contributed by atoms with Gasteiger partial charge in [0.05, 0.1) is 6.20 Å². The lowest BCUT2D eigenvalue weighted by Gasteiger charge is -2.37. The van der Waals surface area contributed by atoms with E-state index in [1.807, 2.05) is 17.9 Å². The number of hydrogen-bond acceptors (Lipinski definition) is 3. The Morgan fingerprint density at radius 1 is 1.53 bits per heavy atom. The summed E-state index contributed by atoms with van der Waals surface area (Å²) in [4.78, 5) is 2.42. The molecule has 3 atom stereocenters. The zero-order valence-electron chi connectivity index (χ0n) is 12.5. The third-order valence-electron chi connectivity index (χ3n) is 4.52. The molecule has 1 saturated carbocycles. The van der Waals surface area contributed by atoms with Crippen molar-refractivity contribution >= 4 is 0 Å². The highest BCUT2D eigenvalue weighted by Crippen LogP contribution is 2.32. The standard InChI is InChI=1S/C15H28N4/c1-12-5-4-6-14(7-12)15(8-16)18(2)10-13-9-17-19(3)11-13/h9,11-12,14-15H,4-8,10,16H2,1-3H3. The lowest BCUT2D eigenvalue weighted by atomic mass is 9.78. The van der Waals surface area contributed by atoms with Gasteiger partial charge in [-0.2, -0.15) is 5.10 Å². The van der Waals surface area contributed by atoms with Gasteiger partial charge < -0.3 is 5.73 Å². The molecule has 3 unspecified atom stereocenters. The Balaban J connectivity index is 1.96. The first-order chi connectivity index (χ1) is 9.10. The molecule has 0 saturated heterocycles. The minimum Gasteiger partial charge on any atom is -0.329 e. The molecule has 1 aromatic rings. The summed E-state index contributed by atoms with van der Waals surface area (Å²) < 4.78 is 1.86. The van der Waals surface area contributed by atoms with E-state index in [1.54, 1.807) is 0 Å². The second-order valence-corrected chi connectivity index (χ2v) is 6.27. The van der Waals surface area contributed by atoms with Crippen LogP contribution in [-0.4, -0.2) is 34.3 Å². The number of likely N-dealkylation sites (N-methyl/N-ethyl adjacent to an activating group) is 1. The van der Waals surface area contributed by atoms with Crippen LogP contribution in [0.4, 0.5) is 0 Å². The fourth-order valence-corrected chi connectivity index (χ4v) is 3.52. The summed E-state index contributed by atoms with van der Waals surface area (Å²) in [5.41, 5.74) is 7.32. The number of nitrogens with zero attached hydrogens (tertiary/aromatic N) is 3. The van der Waals surface area contributed by atoms with Crippen molar-refractivity contribution in [3.63, 3.8) is 0 Å². The molecule has 0 spiro atoms. The Morgan fingerprint density at radius 2 is 2.32 bits per heavy atom. The van der Waals surface area contributed by atoms with E-state index >= 15 is 0 Å². The van der Waals surface area contributed by atoms with Crippen molar-refractivity contribution in [1.82, 2.24) is 14.7 Å². The SMILES string of the molecule is CC1CCCC(C(CN)N(C)Cc2cnn(C)c2)C1. The second-order valence-electron chi connectivity index (χ2n) is 6.27. The average molecular weight is 264 g/mol. The van der Waals surface area contributed by atoms with Gasteiger partial charge >= 0.3 is 0 Å². The average Bonchev–Trinajstić information content (AvgIpc) is 2.75. The molecule has 0 aromatic carbocycles. The van der Waals surface area contributed by atoms with Crippen LogP contribution in [0.3, 0.4) is 0 Å². The molecule has 0 bridgehead atoms. The van der Waals surface area contributed by atoms with Crippen molar-refractivity contribution < 1.29 is 0 Å². The molecule has 4 nitrogen and oxygen atoms in total. The molecule has 1 heterocycles. The Hall–Kier alpha value is -0.870. The Morgan fingerprint density at radius 3 is 2.89 bits per heavy atom. The maximum atomic E-state index is 6.05. The third-order valence-corrected chi connectivity index (χ3v) is 4.52. The van der Waals surface area contributed by atoms with Crippen molar-refractivity contribution in [3.05, 3.63) is 18.0 Å². The number of rotatable bonds is 5. The molecule has 4 heteroatoms. The predicted molar refractivity (Wildman–Crippen MR) is 78.6 cm³/mol. The summed E-state index contributed by atoms with van der Waals surface area (Å²) >= 11 is 0. The van der Waals surface area contributed by atoms with Gasteiger partial charge in [0.2, 0.25) is 0 Å². The summed E-state index contributed by atoms with van der Waals surface area (Å²) in [6.45, 7) is 4.08. The summed E-state index contributed by atoms with van der Waals surface area (Å²) in [5, 5.41) is 4.24. The highest BCUT2D eigenvalue weighted by atomic mass is 15.2. The van der Waals surface area contributed by atoms with Crippen molar-refractivity contribution in [3.8, 4) is 0 Å². The fourth-order valence-electron chi connectivity index (χ4n) is 3.52. The van der Waals surface area contributed by atoms with Crippen LogP contribution in [0, 0.1) is 11.8 Å². The molecular weight excluding hydrogens is 236 g/mol. The quantitative estimate of drug-likeness (QED) is 0.885. The highest BCUT2D eigenvalue weighted by molar-refractivity contribution is 5.03. The van der Waals surface area contributed by atoms with Gasteiger partial charge in [0.1, 0.15) is 0 Å². The molecule has 1 fully saturated rings. The molecule has 2 N–H and O–H groups in total. The third kappa shape index (κ3) is 3.80. The molecule has 2 rings (SSSR count). The largest absolute Gasteiger partial charge is 0.329 e. The van der Waals surface area contributed by atoms with Crippen LogP contribution in [-0.2, 0) is 13.6 Å². The van der Waals surface area contributed by atoms with E-state index in [-0.39, 0.29) is 0 Å². The molecule has 0 radical (unpaired) electrons. The van der Waals surface area contributed by atoms with Gasteiger partial charge in [-0.3, -0.25) is 9.58 Å². The summed E-state index contributed by atoms with van der Waals surface area (Å²) in [5.74, 6) is 1.62.